The number of carboxylic acids is 1. The van der Waals surface area contributed by atoms with E-state index < -0.39 is 5.97 Å². The van der Waals surface area contributed by atoms with Gasteiger partial charge in [0, 0.05) is 18.0 Å². The number of unbranched alkanes of at least 4 members (excludes halogenated alkanes) is 1. The lowest BCUT2D eigenvalue weighted by Crippen LogP contribution is -2.25. The van der Waals surface area contributed by atoms with E-state index in [4.69, 9.17) is 21.4 Å². The molecule has 0 saturated carbocycles. The fourth-order valence-electron chi connectivity index (χ4n) is 1.65. The van der Waals surface area contributed by atoms with Crippen molar-refractivity contribution >= 4 is 17.6 Å². The van der Waals surface area contributed by atoms with Crippen LogP contribution in [0.3, 0.4) is 0 Å². The third-order valence-electron chi connectivity index (χ3n) is 2.72. The van der Waals surface area contributed by atoms with Gasteiger partial charge in [-0.05, 0) is 44.6 Å². The summed E-state index contributed by atoms with van der Waals surface area (Å²) in [7, 11) is 2.00. The molecule has 5 heteroatoms. The van der Waals surface area contributed by atoms with Crippen molar-refractivity contribution in [2.75, 3.05) is 26.7 Å². The highest BCUT2D eigenvalue weighted by molar-refractivity contribution is 6.30. The van der Waals surface area contributed by atoms with E-state index in [1.54, 1.807) is 6.07 Å². The van der Waals surface area contributed by atoms with Gasteiger partial charge in [0.2, 0.25) is 0 Å². The Bertz CT molecular complexity index is 398. The second-order valence-corrected chi connectivity index (χ2v) is 4.90. The molecule has 0 spiro atoms. The summed E-state index contributed by atoms with van der Waals surface area (Å²) in [5.41, 5.74) is 0. The predicted octanol–water partition coefficient (Wildman–Crippen LogP) is 2.91. The number of carbonyl (C=O) groups is 1. The number of nitrogens with zero attached hydrogens (tertiary/aromatic N) is 1. The summed E-state index contributed by atoms with van der Waals surface area (Å²) in [5.74, 6) is 0.0405. The van der Waals surface area contributed by atoms with Crippen molar-refractivity contribution in [3.8, 4) is 5.75 Å². The Morgan fingerprint density at radius 2 is 2.16 bits per heavy atom. The first-order valence-corrected chi connectivity index (χ1v) is 6.74. The lowest BCUT2D eigenvalue weighted by atomic mass is 10.2. The number of carboxylic acid groups (broad SMARTS) is 1. The van der Waals surface area contributed by atoms with Gasteiger partial charge in [0.15, 0.2) is 0 Å². The zero-order valence-electron chi connectivity index (χ0n) is 11.1. The van der Waals surface area contributed by atoms with E-state index >= 15 is 0 Å². The van der Waals surface area contributed by atoms with Crippen molar-refractivity contribution in [3.05, 3.63) is 29.3 Å². The Morgan fingerprint density at radius 1 is 1.37 bits per heavy atom. The van der Waals surface area contributed by atoms with Gasteiger partial charge in [0.1, 0.15) is 12.4 Å². The molecule has 0 aliphatic heterocycles. The molecular weight excluding hydrogens is 266 g/mol. The third kappa shape index (κ3) is 7.70. The molecule has 1 rings (SSSR count). The van der Waals surface area contributed by atoms with E-state index in [-0.39, 0.29) is 6.42 Å². The van der Waals surface area contributed by atoms with Crippen LogP contribution in [0.15, 0.2) is 24.3 Å². The van der Waals surface area contributed by atoms with E-state index in [0.717, 1.165) is 31.7 Å². The van der Waals surface area contributed by atoms with Crippen LogP contribution in [0, 0.1) is 0 Å². The molecule has 0 amide bonds. The molecule has 106 valence electrons. The van der Waals surface area contributed by atoms with Gasteiger partial charge in [-0.1, -0.05) is 17.7 Å². The van der Waals surface area contributed by atoms with E-state index in [2.05, 4.69) is 4.90 Å². The maximum absolute atomic E-state index is 10.4. The first kappa shape index (κ1) is 15.8. The molecule has 0 unspecified atom stereocenters. The average molecular weight is 286 g/mol. The lowest BCUT2D eigenvalue weighted by Gasteiger charge is -2.16. The predicted molar refractivity (Wildman–Crippen MR) is 75.9 cm³/mol. The smallest absolute Gasteiger partial charge is 0.303 e. The second-order valence-electron chi connectivity index (χ2n) is 4.46. The molecule has 1 aromatic carbocycles. The Kier molecular flexibility index (Phi) is 7.30. The van der Waals surface area contributed by atoms with Crippen molar-refractivity contribution in [2.45, 2.75) is 19.3 Å². The van der Waals surface area contributed by atoms with Crippen LogP contribution in [0.5, 0.6) is 5.75 Å². The second kappa shape index (κ2) is 8.77. The topological polar surface area (TPSA) is 49.8 Å². The number of halogens is 1. The quantitative estimate of drug-likeness (QED) is 0.709. The fraction of sp³-hybridized carbons (Fsp3) is 0.500. The van der Waals surface area contributed by atoms with Crippen LogP contribution in [-0.4, -0.2) is 42.7 Å². The molecule has 0 aliphatic carbocycles. The minimum atomic E-state index is -0.730. The van der Waals surface area contributed by atoms with Crippen molar-refractivity contribution in [3.63, 3.8) is 0 Å². The number of ether oxygens (including phenoxy) is 1. The van der Waals surface area contributed by atoms with Crippen LogP contribution in [-0.2, 0) is 4.79 Å². The number of likely N-dealkylation sites (N-methyl/N-ethyl adjacent to an activating group) is 1. The van der Waals surface area contributed by atoms with Crippen molar-refractivity contribution in [1.82, 2.24) is 4.90 Å². The van der Waals surface area contributed by atoms with Crippen LogP contribution in [0.4, 0.5) is 0 Å². The van der Waals surface area contributed by atoms with Crippen molar-refractivity contribution in [1.29, 1.82) is 0 Å². The van der Waals surface area contributed by atoms with Gasteiger partial charge in [-0.15, -0.1) is 0 Å². The first-order chi connectivity index (χ1) is 9.08. The van der Waals surface area contributed by atoms with Crippen LogP contribution >= 0.6 is 11.6 Å². The van der Waals surface area contributed by atoms with Gasteiger partial charge >= 0.3 is 5.97 Å². The van der Waals surface area contributed by atoms with Gasteiger partial charge < -0.3 is 14.7 Å². The van der Waals surface area contributed by atoms with Crippen LogP contribution in [0.25, 0.3) is 0 Å². The Balaban J connectivity index is 2.10. The molecular formula is C14H20ClNO3. The number of hydrogen-bond acceptors (Lipinski definition) is 3. The van der Waals surface area contributed by atoms with Crippen molar-refractivity contribution < 1.29 is 14.6 Å². The van der Waals surface area contributed by atoms with Crippen LogP contribution < -0.4 is 4.74 Å². The highest BCUT2D eigenvalue weighted by Gasteiger charge is 2.01. The standard InChI is InChI=1S/C14H20ClNO3/c1-16(8-3-2-7-14(17)18)9-10-19-13-6-4-5-12(15)11-13/h4-6,11H,2-3,7-10H2,1H3,(H,17,18). The van der Waals surface area contributed by atoms with E-state index in [9.17, 15) is 4.79 Å². The molecule has 1 aromatic rings. The van der Waals surface area contributed by atoms with Gasteiger partial charge in [-0.2, -0.15) is 0 Å². The van der Waals surface area contributed by atoms with Gasteiger partial charge in [0.25, 0.3) is 0 Å². The molecule has 0 bridgehead atoms. The number of hydrogen-bond donors (Lipinski definition) is 1. The van der Waals surface area contributed by atoms with Gasteiger partial charge in [-0.25, -0.2) is 0 Å². The van der Waals surface area contributed by atoms with E-state index in [1.165, 1.54) is 0 Å². The maximum Gasteiger partial charge on any atom is 0.303 e. The highest BCUT2D eigenvalue weighted by atomic mass is 35.5. The molecule has 0 heterocycles. The zero-order valence-corrected chi connectivity index (χ0v) is 11.9. The molecule has 4 nitrogen and oxygen atoms in total. The number of aliphatic carboxylic acids is 1. The summed E-state index contributed by atoms with van der Waals surface area (Å²) >= 11 is 5.86. The van der Waals surface area contributed by atoms with E-state index in [1.807, 2.05) is 25.2 Å². The maximum atomic E-state index is 10.4. The first-order valence-electron chi connectivity index (χ1n) is 6.36. The monoisotopic (exact) mass is 285 g/mol. The molecule has 0 saturated heterocycles. The summed E-state index contributed by atoms with van der Waals surface area (Å²) in [4.78, 5) is 12.5. The molecule has 0 fully saturated rings. The third-order valence-corrected chi connectivity index (χ3v) is 2.95. The molecule has 1 N–H and O–H groups in total. The minimum Gasteiger partial charge on any atom is -0.492 e. The average Bonchev–Trinajstić information content (AvgIpc) is 2.34. The largest absolute Gasteiger partial charge is 0.492 e. The summed E-state index contributed by atoms with van der Waals surface area (Å²) in [6, 6.07) is 7.32. The molecule has 19 heavy (non-hydrogen) atoms. The Morgan fingerprint density at radius 3 is 2.84 bits per heavy atom. The Hall–Kier alpha value is -1.26. The summed E-state index contributed by atoms with van der Waals surface area (Å²) in [5, 5.41) is 9.19. The minimum absolute atomic E-state index is 0.243. The number of benzene rings is 1. The lowest BCUT2D eigenvalue weighted by molar-refractivity contribution is -0.137. The highest BCUT2D eigenvalue weighted by Crippen LogP contribution is 2.16. The van der Waals surface area contributed by atoms with Crippen molar-refractivity contribution in [2.24, 2.45) is 0 Å². The molecule has 0 aromatic heterocycles. The summed E-state index contributed by atoms with van der Waals surface area (Å²) < 4.78 is 5.58. The molecule has 0 aliphatic rings. The molecule has 0 atom stereocenters. The van der Waals surface area contributed by atoms with Crippen LogP contribution in [0.2, 0.25) is 5.02 Å². The van der Waals surface area contributed by atoms with Gasteiger partial charge in [0.05, 0.1) is 0 Å². The van der Waals surface area contributed by atoms with E-state index in [0.29, 0.717) is 11.6 Å². The number of rotatable bonds is 9. The van der Waals surface area contributed by atoms with Gasteiger partial charge in [-0.3, -0.25) is 4.79 Å². The zero-order chi connectivity index (χ0) is 14.1. The summed E-state index contributed by atoms with van der Waals surface area (Å²) in [6.45, 7) is 2.28. The normalized spacial score (nSPS) is 10.7. The molecule has 0 radical (unpaired) electrons. The summed E-state index contributed by atoms with van der Waals surface area (Å²) in [6.07, 6.45) is 1.85. The van der Waals surface area contributed by atoms with Crippen LogP contribution in [0.1, 0.15) is 19.3 Å². The SMILES string of the molecule is CN(CCCCC(=O)O)CCOc1cccc(Cl)c1. The fourth-order valence-corrected chi connectivity index (χ4v) is 1.83. The Labute approximate surface area is 118 Å².